The predicted molar refractivity (Wildman–Crippen MR) is 57.8 cm³/mol. The molecule has 5 heteroatoms. The van der Waals surface area contributed by atoms with Crippen LogP contribution in [0.4, 0.5) is 0 Å². The Bertz CT molecular complexity index is 232. The lowest BCUT2D eigenvalue weighted by Crippen LogP contribution is -2.28. The summed E-state index contributed by atoms with van der Waals surface area (Å²) in [6, 6.07) is 0. The highest BCUT2D eigenvalue weighted by atomic mass is 35.5. The highest BCUT2D eigenvalue weighted by molar-refractivity contribution is 6.33. The SMILES string of the molecule is C=C(C)C(CCOC(=O)C(C)(C)Cl)OO. The van der Waals surface area contributed by atoms with Crippen molar-refractivity contribution in [3.05, 3.63) is 12.2 Å². The van der Waals surface area contributed by atoms with Gasteiger partial charge in [-0.1, -0.05) is 6.58 Å². The van der Waals surface area contributed by atoms with Crippen molar-refractivity contribution in [3.8, 4) is 0 Å². The topological polar surface area (TPSA) is 55.8 Å². The smallest absolute Gasteiger partial charge is 0.326 e. The van der Waals surface area contributed by atoms with Gasteiger partial charge in [0.05, 0.1) is 6.61 Å². The first-order chi connectivity index (χ1) is 6.79. The monoisotopic (exact) mass is 236 g/mol. The summed E-state index contributed by atoms with van der Waals surface area (Å²) in [5, 5.41) is 8.49. The largest absolute Gasteiger partial charge is 0.464 e. The molecule has 88 valence electrons. The number of carbonyl (C=O) groups excluding carboxylic acids is 1. The minimum absolute atomic E-state index is 0.132. The first kappa shape index (κ1) is 14.4. The Balaban J connectivity index is 3.89. The normalized spacial score (nSPS) is 13.4. The van der Waals surface area contributed by atoms with Gasteiger partial charge in [0, 0.05) is 6.42 Å². The Kier molecular flexibility index (Phi) is 5.87. The van der Waals surface area contributed by atoms with Gasteiger partial charge < -0.3 is 4.74 Å². The molecule has 0 saturated carbocycles. The Morgan fingerprint density at radius 1 is 1.60 bits per heavy atom. The van der Waals surface area contributed by atoms with Crippen molar-refractivity contribution >= 4 is 17.6 Å². The van der Waals surface area contributed by atoms with Crippen LogP contribution in [0.2, 0.25) is 0 Å². The van der Waals surface area contributed by atoms with Crippen LogP contribution in [0.3, 0.4) is 0 Å². The van der Waals surface area contributed by atoms with Gasteiger partial charge >= 0.3 is 5.97 Å². The molecule has 0 saturated heterocycles. The molecule has 0 bridgehead atoms. The molecule has 0 rings (SSSR count). The summed E-state index contributed by atoms with van der Waals surface area (Å²) in [6.07, 6.45) is -0.166. The van der Waals surface area contributed by atoms with E-state index in [0.29, 0.717) is 12.0 Å². The molecule has 0 amide bonds. The maximum Gasteiger partial charge on any atom is 0.326 e. The van der Waals surface area contributed by atoms with E-state index in [-0.39, 0.29) is 6.61 Å². The first-order valence-corrected chi connectivity index (χ1v) is 4.98. The second-order valence-electron chi connectivity index (χ2n) is 3.84. The quantitative estimate of drug-likeness (QED) is 0.253. The van der Waals surface area contributed by atoms with Crippen molar-refractivity contribution in [2.24, 2.45) is 0 Å². The zero-order valence-electron chi connectivity index (χ0n) is 9.25. The van der Waals surface area contributed by atoms with Crippen LogP contribution < -0.4 is 0 Å². The molecule has 4 nitrogen and oxygen atoms in total. The van der Waals surface area contributed by atoms with Crippen LogP contribution in [-0.4, -0.2) is 28.8 Å². The molecule has 0 spiro atoms. The minimum Gasteiger partial charge on any atom is -0.464 e. The third-order valence-corrected chi connectivity index (χ3v) is 1.93. The third kappa shape index (κ3) is 5.77. The van der Waals surface area contributed by atoms with E-state index in [0.717, 1.165) is 0 Å². The van der Waals surface area contributed by atoms with Crippen molar-refractivity contribution in [2.75, 3.05) is 6.61 Å². The summed E-state index contributed by atoms with van der Waals surface area (Å²) >= 11 is 5.72. The summed E-state index contributed by atoms with van der Waals surface area (Å²) in [7, 11) is 0. The number of ether oxygens (including phenoxy) is 1. The van der Waals surface area contributed by atoms with E-state index >= 15 is 0 Å². The van der Waals surface area contributed by atoms with E-state index in [1.807, 2.05) is 0 Å². The molecule has 1 N–H and O–H groups in total. The average molecular weight is 237 g/mol. The van der Waals surface area contributed by atoms with Crippen LogP contribution in [0.1, 0.15) is 27.2 Å². The highest BCUT2D eigenvalue weighted by Crippen LogP contribution is 2.15. The fourth-order valence-corrected chi connectivity index (χ4v) is 0.874. The molecular formula is C10H17ClO4. The van der Waals surface area contributed by atoms with Gasteiger partial charge in [0.25, 0.3) is 0 Å². The van der Waals surface area contributed by atoms with E-state index in [2.05, 4.69) is 11.5 Å². The Hall–Kier alpha value is -0.580. The second-order valence-corrected chi connectivity index (χ2v) is 4.78. The molecule has 0 aliphatic carbocycles. The van der Waals surface area contributed by atoms with Gasteiger partial charge in [0.2, 0.25) is 0 Å². The summed E-state index contributed by atoms with van der Waals surface area (Å²) in [5.41, 5.74) is 0.665. The summed E-state index contributed by atoms with van der Waals surface area (Å²) in [4.78, 5) is 14.4. The molecule has 0 aromatic heterocycles. The van der Waals surface area contributed by atoms with Crippen molar-refractivity contribution < 1.29 is 19.7 Å². The maximum atomic E-state index is 11.2. The van der Waals surface area contributed by atoms with Crippen LogP contribution in [-0.2, 0) is 14.4 Å². The van der Waals surface area contributed by atoms with Crippen molar-refractivity contribution in [1.29, 1.82) is 0 Å². The summed E-state index contributed by atoms with van der Waals surface area (Å²) < 4.78 is 4.89. The predicted octanol–water partition coefficient (Wildman–Crippen LogP) is 2.37. The van der Waals surface area contributed by atoms with E-state index in [4.69, 9.17) is 21.6 Å². The first-order valence-electron chi connectivity index (χ1n) is 4.60. The van der Waals surface area contributed by atoms with Crippen LogP contribution >= 0.6 is 11.6 Å². The molecule has 0 aromatic rings. The van der Waals surface area contributed by atoms with Crippen LogP contribution in [0.5, 0.6) is 0 Å². The van der Waals surface area contributed by atoms with Gasteiger partial charge in [0.1, 0.15) is 11.0 Å². The molecule has 0 aliphatic heterocycles. The van der Waals surface area contributed by atoms with Crippen LogP contribution in [0, 0.1) is 0 Å². The van der Waals surface area contributed by atoms with E-state index < -0.39 is 16.9 Å². The van der Waals surface area contributed by atoms with Gasteiger partial charge in [0.15, 0.2) is 0 Å². The van der Waals surface area contributed by atoms with E-state index in [1.165, 1.54) is 0 Å². The Morgan fingerprint density at radius 3 is 2.47 bits per heavy atom. The van der Waals surface area contributed by atoms with Gasteiger partial charge in [-0.2, -0.15) is 0 Å². The molecule has 1 atom stereocenters. The number of carbonyl (C=O) groups is 1. The molecule has 1 unspecified atom stereocenters. The zero-order valence-corrected chi connectivity index (χ0v) is 10.0. The lowest BCUT2D eigenvalue weighted by Gasteiger charge is -2.16. The second kappa shape index (κ2) is 6.10. The lowest BCUT2D eigenvalue weighted by atomic mass is 10.1. The van der Waals surface area contributed by atoms with Gasteiger partial charge in [-0.25, -0.2) is 4.89 Å². The van der Waals surface area contributed by atoms with E-state index in [9.17, 15) is 4.79 Å². The molecule has 0 fully saturated rings. The number of esters is 1. The van der Waals surface area contributed by atoms with Crippen molar-refractivity contribution in [1.82, 2.24) is 0 Å². The Morgan fingerprint density at radius 2 is 2.13 bits per heavy atom. The fourth-order valence-electron chi connectivity index (χ4n) is 0.819. The van der Waals surface area contributed by atoms with Crippen molar-refractivity contribution in [2.45, 2.75) is 38.2 Å². The van der Waals surface area contributed by atoms with Crippen LogP contribution in [0.25, 0.3) is 0 Å². The van der Waals surface area contributed by atoms with Crippen molar-refractivity contribution in [3.63, 3.8) is 0 Å². The number of halogens is 1. The van der Waals surface area contributed by atoms with Gasteiger partial charge in [-0.05, 0) is 26.3 Å². The third-order valence-electron chi connectivity index (χ3n) is 1.78. The molecule has 0 aromatic carbocycles. The minimum atomic E-state index is -1.03. The van der Waals surface area contributed by atoms with E-state index in [1.54, 1.807) is 20.8 Å². The molecule has 0 heterocycles. The van der Waals surface area contributed by atoms with Gasteiger partial charge in [-0.3, -0.25) is 10.1 Å². The standard InChI is InChI=1S/C10H17ClO4/c1-7(2)8(15-13)5-6-14-9(12)10(3,4)11/h8,13H,1,5-6H2,2-4H3. The molecule has 15 heavy (non-hydrogen) atoms. The lowest BCUT2D eigenvalue weighted by molar-refractivity contribution is -0.270. The van der Waals surface area contributed by atoms with Crippen LogP contribution in [0.15, 0.2) is 12.2 Å². The highest BCUT2D eigenvalue weighted by Gasteiger charge is 2.26. The number of hydrogen-bond acceptors (Lipinski definition) is 4. The zero-order chi connectivity index (χ0) is 12.1. The maximum absolute atomic E-state index is 11.2. The molecular weight excluding hydrogens is 220 g/mol. The fraction of sp³-hybridized carbons (Fsp3) is 0.700. The molecule has 0 aliphatic rings. The van der Waals surface area contributed by atoms with Gasteiger partial charge in [-0.15, -0.1) is 11.6 Å². The number of alkyl halides is 1. The number of rotatable bonds is 6. The Labute approximate surface area is 94.7 Å². The average Bonchev–Trinajstić information content (AvgIpc) is 2.09. The molecule has 0 radical (unpaired) electrons. The summed E-state index contributed by atoms with van der Waals surface area (Å²) in [6.45, 7) is 8.57. The summed E-state index contributed by atoms with van der Waals surface area (Å²) in [5.74, 6) is -0.498. The number of hydrogen-bond donors (Lipinski definition) is 1.